The Morgan fingerprint density at radius 3 is 1.31 bits per heavy atom. The summed E-state index contributed by atoms with van der Waals surface area (Å²) in [7, 11) is -6.00. The van der Waals surface area contributed by atoms with Crippen molar-refractivity contribution in [2.45, 2.75) is 19.3 Å². The Labute approximate surface area is 86.9 Å². The molecule has 0 atom stereocenters. The third-order valence-electron chi connectivity index (χ3n) is 1.78. The molecule has 0 nitrogen and oxygen atoms in total. The first kappa shape index (κ1) is 12.9. The zero-order valence-corrected chi connectivity index (χ0v) is 8.34. The third kappa shape index (κ3) is 6.03. The third-order valence-corrected chi connectivity index (χ3v) is 1.78. The molecule has 2 bridgehead atoms. The van der Waals surface area contributed by atoms with E-state index in [1.165, 1.54) is 19.3 Å². The summed E-state index contributed by atoms with van der Waals surface area (Å²) in [6, 6.07) is 0. The quantitative estimate of drug-likeness (QED) is 0.472. The van der Waals surface area contributed by atoms with E-state index < -0.39 is 7.25 Å². The maximum absolute atomic E-state index is 9.75. The molecule has 0 saturated heterocycles. The van der Waals surface area contributed by atoms with Crippen molar-refractivity contribution in [3.05, 3.63) is 23.3 Å². The van der Waals surface area contributed by atoms with Gasteiger partial charge in [0.25, 0.3) is 0 Å². The molecular formula is C7H8BF4Rh-. The second kappa shape index (κ2) is 4.94. The predicted molar refractivity (Wildman–Crippen MR) is 40.2 cm³/mol. The van der Waals surface area contributed by atoms with Gasteiger partial charge in [0, 0.05) is 19.5 Å². The van der Waals surface area contributed by atoms with Crippen LogP contribution in [0.4, 0.5) is 17.3 Å². The van der Waals surface area contributed by atoms with Gasteiger partial charge in [-0.2, -0.15) is 0 Å². The van der Waals surface area contributed by atoms with E-state index in [1.807, 2.05) is 0 Å². The van der Waals surface area contributed by atoms with E-state index in [-0.39, 0.29) is 19.5 Å². The van der Waals surface area contributed by atoms with E-state index in [2.05, 4.69) is 12.2 Å². The first-order valence-electron chi connectivity index (χ1n) is 3.70. The van der Waals surface area contributed by atoms with Gasteiger partial charge in [0.2, 0.25) is 0 Å². The molecule has 13 heavy (non-hydrogen) atoms. The molecule has 0 amide bonds. The summed E-state index contributed by atoms with van der Waals surface area (Å²) in [6.45, 7) is 0. The average molecular weight is 282 g/mol. The number of halogens is 4. The minimum atomic E-state index is -6.00. The molecule has 0 N–H and O–H groups in total. The SMILES string of the molecule is C1=C2CCC(=C1)C2.F[B-](F)(F)F.[Rh]. The first-order chi connectivity index (χ1) is 5.45. The fraction of sp³-hybridized carbons (Fsp3) is 0.429. The average Bonchev–Trinajstić information content (AvgIpc) is 2.42. The van der Waals surface area contributed by atoms with Crippen molar-refractivity contribution < 1.29 is 36.7 Å². The van der Waals surface area contributed by atoms with Crippen LogP contribution in [-0.2, 0) is 19.5 Å². The smallest absolute Gasteiger partial charge is 0.418 e. The molecule has 0 aromatic rings. The summed E-state index contributed by atoms with van der Waals surface area (Å²) in [5, 5.41) is 0. The van der Waals surface area contributed by atoms with Crippen LogP contribution in [0.15, 0.2) is 23.3 Å². The molecule has 0 aromatic heterocycles. The maximum atomic E-state index is 9.75. The van der Waals surface area contributed by atoms with Crippen LogP contribution in [0.25, 0.3) is 0 Å². The molecule has 1 saturated carbocycles. The van der Waals surface area contributed by atoms with E-state index in [0.29, 0.717) is 0 Å². The molecule has 0 heterocycles. The van der Waals surface area contributed by atoms with Crippen LogP contribution in [0.1, 0.15) is 19.3 Å². The number of hydrogen-bond donors (Lipinski definition) is 0. The Balaban J connectivity index is 0.000000220. The van der Waals surface area contributed by atoms with Crippen LogP contribution < -0.4 is 0 Å². The fourth-order valence-electron chi connectivity index (χ4n) is 1.31. The summed E-state index contributed by atoms with van der Waals surface area (Å²) in [4.78, 5) is 0. The maximum Gasteiger partial charge on any atom is 0.673 e. The van der Waals surface area contributed by atoms with Gasteiger partial charge in [-0.15, -0.1) is 0 Å². The van der Waals surface area contributed by atoms with Gasteiger partial charge in [0.1, 0.15) is 0 Å². The molecule has 1 radical (unpaired) electrons. The van der Waals surface area contributed by atoms with Gasteiger partial charge in [-0.1, -0.05) is 23.3 Å². The van der Waals surface area contributed by atoms with Crippen LogP contribution in [-0.4, -0.2) is 7.25 Å². The number of fused-ring (bicyclic) bond motifs is 2. The number of hydrogen-bond acceptors (Lipinski definition) is 0. The molecule has 0 aliphatic heterocycles. The monoisotopic (exact) mass is 282 g/mol. The Kier molecular flexibility index (Phi) is 4.90. The van der Waals surface area contributed by atoms with Gasteiger partial charge < -0.3 is 17.3 Å². The van der Waals surface area contributed by atoms with Crippen molar-refractivity contribution in [2.24, 2.45) is 0 Å². The van der Waals surface area contributed by atoms with E-state index in [9.17, 15) is 17.3 Å². The Morgan fingerprint density at radius 1 is 0.923 bits per heavy atom. The van der Waals surface area contributed by atoms with Crippen LogP contribution in [0.2, 0.25) is 0 Å². The van der Waals surface area contributed by atoms with Crippen molar-refractivity contribution in [3.8, 4) is 0 Å². The first-order valence-corrected chi connectivity index (χ1v) is 3.70. The van der Waals surface area contributed by atoms with Crippen molar-refractivity contribution in [1.82, 2.24) is 0 Å². The van der Waals surface area contributed by atoms with Gasteiger partial charge in [0.05, 0.1) is 0 Å². The summed E-state index contributed by atoms with van der Waals surface area (Å²) in [5.74, 6) is 0. The summed E-state index contributed by atoms with van der Waals surface area (Å²) < 4.78 is 39.0. The fourth-order valence-corrected chi connectivity index (χ4v) is 1.31. The molecule has 0 spiro atoms. The molecule has 77 valence electrons. The Hall–Kier alpha value is -0.112. The van der Waals surface area contributed by atoms with Crippen LogP contribution >= 0.6 is 0 Å². The molecule has 2 rings (SSSR count). The minimum absolute atomic E-state index is 0. The second-order valence-corrected chi connectivity index (χ2v) is 2.82. The minimum Gasteiger partial charge on any atom is -0.418 e. The largest absolute Gasteiger partial charge is 0.673 e. The van der Waals surface area contributed by atoms with E-state index in [1.54, 1.807) is 11.1 Å². The van der Waals surface area contributed by atoms with Gasteiger partial charge in [-0.25, -0.2) is 0 Å². The summed E-state index contributed by atoms with van der Waals surface area (Å²) in [6.07, 6.45) is 8.54. The molecule has 6 heteroatoms. The normalized spacial score (nSPS) is 18.2. The summed E-state index contributed by atoms with van der Waals surface area (Å²) in [5.41, 5.74) is 3.30. The van der Waals surface area contributed by atoms with E-state index in [0.717, 1.165) is 0 Å². The molecular weight excluding hydrogens is 274 g/mol. The zero-order valence-electron chi connectivity index (χ0n) is 6.70. The van der Waals surface area contributed by atoms with Crippen molar-refractivity contribution >= 4 is 7.25 Å². The zero-order chi connectivity index (χ0) is 9.19. The topological polar surface area (TPSA) is 0 Å². The van der Waals surface area contributed by atoms with Crippen molar-refractivity contribution in [3.63, 3.8) is 0 Å². The number of rotatable bonds is 0. The molecule has 2 aliphatic carbocycles. The van der Waals surface area contributed by atoms with Crippen LogP contribution in [0.5, 0.6) is 0 Å². The Morgan fingerprint density at radius 2 is 1.23 bits per heavy atom. The molecule has 0 unspecified atom stereocenters. The Bertz CT molecular complexity index is 207. The predicted octanol–water partition coefficient (Wildman–Crippen LogP) is 3.33. The standard InChI is InChI=1S/C7H8.BF4.Rh/c1-2-7-4-3-6(1)5-7;2-1(3,4)5;/h1-2H,3-5H2;;/q;-1;. The molecule has 0 aromatic carbocycles. The van der Waals surface area contributed by atoms with Gasteiger partial charge in [0.15, 0.2) is 0 Å². The van der Waals surface area contributed by atoms with Gasteiger partial charge >= 0.3 is 7.25 Å². The molecule has 1 fully saturated rings. The van der Waals surface area contributed by atoms with Gasteiger partial charge in [-0.05, 0) is 19.3 Å². The van der Waals surface area contributed by atoms with E-state index >= 15 is 0 Å². The number of allylic oxidation sites excluding steroid dienone is 4. The van der Waals surface area contributed by atoms with Gasteiger partial charge in [-0.3, -0.25) is 0 Å². The van der Waals surface area contributed by atoms with Crippen LogP contribution in [0, 0.1) is 0 Å². The molecule has 2 aliphatic rings. The van der Waals surface area contributed by atoms with Crippen molar-refractivity contribution in [1.29, 1.82) is 0 Å². The van der Waals surface area contributed by atoms with E-state index in [4.69, 9.17) is 0 Å². The van der Waals surface area contributed by atoms with Crippen molar-refractivity contribution in [2.75, 3.05) is 0 Å². The van der Waals surface area contributed by atoms with Crippen LogP contribution in [0.3, 0.4) is 0 Å². The second-order valence-electron chi connectivity index (χ2n) is 2.82. The summed E-state index contributed by atoms with van der Waals surface area (Å²) >= 11 is 0.